The topological polar surface area (TPSA) is 119 Å². The Bertz CT molecular complexity index is 516. The molecule has 0 atom stereocenters. The molecule has 24 heavy (non-hydrogen) atoms. The fourth-order valence-corrected chi connectivity index (χ4v) is 2.78. The van der Waals surface area contributed by atoms with Gasteiger partial charge in [0.25, 0.3) is 0 Å². The molecule has 0 aromatic heterocycles. The van der Waals surface area contributed by atoms with Crippen LogP contribution in [0.15, 0.2) is 0 Å². The van der Waals surface area contributed by atoms with Crippen LogP contribution in [-0.4, -0.2) is 81.5 Å². The zero-order valence-electron chi connectivity index (χ0n) is 14.2. The first-order valence-corrected chi connectivity index (χ1v) is 7.99. The summed E-state index contributed by atoms with van der Waals surface area (Å²) in [6, 6.07) is -0.492. The average Bonchev–Trinajstić information content (AvgIpc) is 2.43. The number of urea groups is 1. The van der Waals surface area contributed by atoms with E-state index in [1.165, 1.54) is 9.80 Å². The second kappa shape index (κ2) is 6.46. The quantitative estimate of drug-likeness (QED) is 0.660. The Morgan fingerprint density at radius 3 is 2.00 bits per heavy atom. The summed E-state index contributed by atoms with van der Waals surface area (Å²) in [5.74, 6) is -1.14. The van der Waals surface area contributed by atoms with Gasteiger partial charge in [0.1, 0.15) is 11.1 Å². The monoisotopic (exact) mass is 343 g/mol. The molecule has 1 aliphatic carbocycles. The lowest BCUT2D eigenvalue weighted by Gasteiger charge is -2.44. The van der Waals surface area contributed by atoms with E-state index in [4.69, 9.17) is 4.74 Å². The van der Waals surface area contributed by atoms with Crippen molar-refractivity contribution in [2.75, 3.05) is 26.2 Å². The van der Waals surface area contributed by atoms with Gasteiger partial charge in [-0.05, 0) is 20.8 Å². The van der Waals surface area contributed by atoms with Crippen molar-refractivity contribution >= 4 is 18.1 Å². The van der Waals surface area contributed by atoms with Crippen molar-refractivity contribution in [3.63, 3.8) is 0 Å². The van der Waals surface area contributed by atoms with Crippen molar-refractivity contribution in [1.29, 1.82) is 0 Å². The van der Waals surface area contributed by atoms with Crippen LogP contribution in [0.25, 0.3) is 0 Å². The summed E-state index contributed by atoms with van der Waals surface area (Å²) in [5, 5.41) is 21.1. The van der Waals surface area contributed by atoms with Crippen LogP contribution in [-0.2, 0) is 9.53 Å². The molecular formula is C15H25N3O6. The highest BCUT2D eigenvalue weighted by Crippen LogP contribution is 2.32. The molecule has 0 radical (unpaired) electrons. The first-order chi connectivity index (χ1) is 11.0. The van der Waals surface area contributed by atoms with E-state index >= 15 is 0 Å². The van der Waals surface area contributed by atoms with Gasteiger partial charge in [-0.15, -0.1) is 0 Å². The fraction of sp³-hybridized carbons (Fsp3) is 0.800. The Hall–Kier alpha value is -2.03. The first kappa shape index (κ1) is 18.3. The number of aliphatic carboxylic acids is 1. The molecule has 2 fully saturated rings. The third kappa shape index (κ3) is 4.08. The Kier molecular flexibility index (Phi) is 4.93. The molecule has 1 saturated carbocycles. The van der Waals surface area contributed by atoms with Gasteiger partial charge in [-0.25, -0.2) is 14.4 Å². The summed E-state index contributed by atoms with van der Waals surface area (Å²) in [5.41, 5.74) is -1.97. The number of aliphatic hydroxyl groups excluding tert-OH is 1. The zero-order valence-corrected chi connectivity index (χ0v) is 14.2. The molecule has 0 unspecified atom stereocenters. The van der Waals surface area contributed by atoms with Gasteiger partial charge in [0.15, 0.2) is 0 Å². The Balaban J connectivity index is 1.85. The Labute approximate surface area is 140 Å². The van der Waals surface area contributed by atoms with E-state index in [1.54, 1.807) is 20.8 Å². The molecule has 3 N–H and O–H groups in total. The predicted octanol–water partition coefficient (Wildman–Crippen LogP) is 0.227. The minimum absolute atomic E-state index is 0.00590. The number of amides is 3. The van der Waals surface area contributed by atoms with Gasteiger partial charge in [-0.1, -0.05) is 0 Å². The van der Waals surface area contributed by atoms with Crippen molar-refractivity contribution in [2.24, 2.45) is 0 Å². The molecule has 0 aromatic carbocycles. The molecule has 2 rings (SSSR count). The van der Waals surface area contributed by atoms with Gasteiger partial charge in [0, 0.05) is 39.0 Å². The molecule has 1 aliphatic heterocycles. The molecule has 0 spiro atoms. The minimum atomic E-state index is -1.39. The number of carboxylic acid groups (broad SMARTS) is 1. The number of carbonyl (C=O) groups excluding carboxylic acids is 2. The first-order valence-electron chi connectivity index (χ1n) is 7.99. The molecule has 0 bridgehead atoms. The number of nitrogens with one attached hydrogen (secondary N) is 1. The highest BCUT2D eigenvalue weighted by molar-refractivity contribution is 5.87. The molecule has 9 nitrogen and oxygen atoms in total. The maximum Gasteiger partial charge on any atom is 0.410 e. The van der Waals surface area contributed by atoms with Crippen LogP contribution >= 0.6 is 0 Å². The third-order valence-electron chi connectivity index (χ3n) is 4.14. The minimum Gasteiger partial charge on any atom is -0.480 e. The van der Waals surface area contributed by atoms with Gasteiger partial charge in [-0.2, -0.15) is 0 Å². The van der Waals surface area contributed by atoms with Crippen molar-refractivity contribution in [3.8, 4) is 0 Å². The van der Waals surface area contributed by atoms with Gasteiger partial charge < -0.3 is 30.1 Å². The van der Waals surface area contributed by atoms with E-state index in [0.717, 1.165) is 0 Å². The standard InChI is InChI=1S/C15H25N3O6/c1-14(2,3)24-13(23)18-6-4-17(5-7-18)12(22)16-15(11(20)21)8-10(19)9-15/h10,19H,4-9H2,1-3H3,(H,16,22)(H,20,21). The molecule has 2 aliphatic rings. The number of hydrogen-bond acceptors (Lipinski definition) is 5. The summed E-state index contributed by atoms with van der Waals surface area (Å²) in [4.78, 5) is 38.6. The largest absolute Gasteiger partial charge is 0.480 e. The van der Waals surface area contributed by atoms with Crippen molar-refractivity contribution in [2.45, 2.75) is 50.9 Å². The van der Waals surface area contributed by atoms with Crippen LogP contribution in [0.4, 0.5) is 9.59 Å². The molecule has 3 amide bonds. The number of carboxylic acids is 1. The summed E-state index contributed by atoms with van der Waals surface area (Å²) in [6.07, 6.45) is -1.12. The number of ether oxygens (including phenoxy) is 1. The van der Waals surface area contributed by atoms with Crippen LogP contribution in [0.1, 0.15) is 33.6 Å². The summed E-state index contributed by atoms with van der Waals surface area (Å²) in [6.45, 7) is 6.59. The van der Waals surface area contributed by atoms with E-state index < -0.39 is 35.3 Å². The molecule has 9 heteroatoms. The second-order valence-electron chi connectivity index (χ2n) is 7.33. The number of rotatable bonds is 2. The van der Waals surface area contributed by atoms with Crippen LogP contribution in [0.2, 0.25) is 0 Å². The van der Waals surface area contributed by atoms with Gasteiger partial charge in [0.05, 0.1) is 6.10 Å². The normalized spacial score (nSPS) is 27.2. The summed E-state index contributed by atoms with van der Waals surface area (Å²) in [7, 11) is 0. The van der Waals surface area contributed by atoms with Gasteiger partial charge in [0.2, 0.25) is 0 Å². The van der Waals surface area contributed by atoms with E-state index in [1.807, 2.05) is 0 Å². The predicted molar refractivity (Wildman–Crippen MR) is 83.5 cm³/mol. The maximum atomic E-state index is 12.3. The lowest BCUT2D eigenvalue weighted by atomic mass is 9.74. The second-order valence-corrected chi connectivity index (χ2v) is 7.33. The number of aliphatic hydroxyl groups is 1. The number of carbonyl (C=O) groups is 3. The smallest absolute Gasteiger partial charge is 0.410 e. The Morgan fingerprint density at radius 2 is 1.58 bits per heavy atom. The van der Waals surface area contributed by atoms with E-state index in [-0.39, 0.29) is 12.8 Å². The molecule has 1 heterocycles. The number of piperazine rings is 1. The van der Waals surface area contributed by atoms with Crippen LogP contribution in [0, 0.1) is 0 Å². The number of hydrogen-bond donors (Lipinski definition) is 3. The van der Waals surface area contributed by atoms with Gasteiger partial charge >= 0.3 is 18.1 Å². The SMILES string of the molecule is CC(C)(C)OC(=O)N1CCN(C(=O)NC2(C(=O)O)CC(O)C2)CC1. The maximum absolute atomic E-state index is 12.3. The van der Waals surface area contributed by atoms with Crippen LogP contribution < -0.4 is 5.32 Å². The Morgan fingerprint density at radius 1 is 1.08 bits per heavy atom. The molecule has 0 aromatic rings. The summed E-state index contributed by atoms with van der Waals surface area (Å²) < 4.78 is 5.29. The molecule has 136 valence electrons. The lowest BCUT2D eigenvalue weighted by molar-refractivity contribution is -0.153. The van der Waals surface area contributed by atoms with Crippen LogP contribution in [0.5, 0.6) is 0 Å². The molecule has 1 saturated heterocycles. The van der Waals surface area contributed by atoms with Crippen molar-refractivity contribution < 1.29 is 29.3 Å². The van der Waals surface area contributed by atoms with E-state index in [0.29, 0.717) is 26.2 Å². The van der Waals surface area contributed by atoms with Crippen molar-refractivity contribution in [1.82, 2.24) is 15.1 Å². The number of nitrogens with zero attached hydrogens (tertiary/aromatic N) is 2. The average molecular weight is 343 g/mol. The van der Waals surface area contributed by atoms with Gasteiger partial charge in [-0.3, -0.25) is 0 Å². The lowest BCUT2D eigenvalue weighted by Crippen LogP contribution is -2.67. The highest BCUT2D eigenvalue weighted by Gasteiger charge is 2.51. The van der Waals surface area contributed by atoms with E-state index in [9.17, 15) is 24.6 Å². The van der Waals surface area contributed by atoms with Crippen LogP contribution in [0.3, 0.4) is 0 Å². The van der Waals surface area contributed by atoms with Crippen molar-refractivity contribution in [3.05, 3.63) is 0 Å². The molecular weight excluding hydrogens is 318 g/mol. The highest BCUT2D eigenvalue weighted by atomic mass is 16.6. The third-order valence-corrected chi connectivity index (χ3v) is 4.14. The summed E-state index contributed by atoms with van der Waals surface area (Å²) >= 11 is 0. The fourth-order valence-electron chi connectivity index (χ4n) is 2.78. The van der Waals surface area contributed by atoms with E-state index in [2.05, 4.69) is 5.32 Å². The zero-order chi connectivity index (χ0) is 18.1.